The predicted molar refractivity (Wildman–Crippen MR) is 90.9 cm³/mol. The number of ketones is 1. The minimum absolute atomic E-state index is 0.147. The van der Waals surface area contributed by atoms with Crippen LogP contribution in [-0.4, -0.2) is 58.9 Å². The number of carboxylic acids is 1. The van der Waals surface area contributed by atoms with Crippen molar-refractivity contribution >= 4 is 23.3 Å². The Morgan fingerprint density at radius 2 is 1.81 bits per heavy atom. The number of Topliss-reactive ketones (excluding diaryl/α,β-unsaturated/α-hetero) is 1. The van der Waals surface area contributed by atoms with Crippen LogP contribution >= 0.6 is 0 Å². The first-order valence-corrected chi connectivity index (χ1v) is 8.48. The highest BCUT2D eigenvalue weighted by Gasteiger charge is 2.39. The molecule has 27 heavy (non-hydrogen) atoms. The van der Waals surface area contributed by atoms with Crippen molar-refractivity contribution in [3.63, 3.8) is 0 Å². The van der Waals surface area contributed by atoms with Crippen molar-refractivity contribution in [3.8, 4) is 0 Å². The van der Waals surface area contributed by atoms with Gasteiger partial charge in [0.25, 0.3) is 11.7 Å². The number of hydrogen-bond donors (Lipinski definition) is 2. The van der Waals surface area contributed by atoms with E-state index in [9.17, 15) is 23.9 Å². The van der Waals surface area contributed by atoms with Gasteiger partial charge in [-0.1, -0.05) is 0 Å². The third-order valence-corrected chi connectivity index (χ3v) is 4.63. The zero-order chi connectivity index (χ0) is 19.6. The Morgan fingerprint density at radius 1 is 1.19 bits per heavy atom. The molecule has 0 spiro atoms. The number of aliphatic hydroxyl groups is 1. The summed E-state index contributed by atoms with van der Waals surface area (Å²) in [7, 11) is 0. The van der Waals surface area contributed by atoms with Crippen molar-refractivity contribution in [2.45, 2.75) is 19.2 Å². The van der Waals surface area contributed by atoms with Gasteiger partial charge in [0.15, 0.2) is 0 Å². The summed E-state index contributed by atoms with van der Waals surface area (Å²) in [5, 5.41) is 19.7. The Morgan fingerprint density at radius 3 is 2.41 bits per heavy atom. The lowest BCUT2D eigenvalue weighted by Gasteiger charge is -2.41. The lowest BCUT2D eigenvalue weighted by atomic mass is 9.99. The smallest absolute Gasteiger partial charge is 0.377 e. The molecule has 2 aliphatic rings. The molecule has 1 amide bonds. The largest absolute Gasteiger partial charge is 0.475 e. The summed E-state index contributed by atoms with van der Waals surface area (Å²) in [6.45, 7) is 1.45. The average molecular weight is 378 g/mol. The SMILES string of the molecule is O=C(O)C(=O)C1=CN(CC2CCOCC2)C(O)N(c2ccc(F)cc2)C1=O. The summed E-state index contributed by atoms with van der Waals surface area (Å²) in [6.07, 6.45) is 1.13. The van der Waals surface area contributed by atoms with Crippen molar-refractivity contribution in [2.24, 2.45) is 5.92 Å². The van der Waals surface area contributed by atoms with E-state index in [1.165, 1.54) is 17.0 Å². The van der Waals surface area contributed by atoms with Gasteiger partial charge in [0.1, 0.15) is 11.4 Å². The number of carboxylic acid groups (broad SMARTS) is 1. The van der Waals surface area contributed by atoms with Gasteiger partial charge in [0.2, 0.25) is 6.35 Å². The Bertz CT molecular complexity index is 773. The molecule has 0 aromatic heterocycles. The van der Waals surface area contributed by atoms with Crippen LogP contribution in [0, 0.1) is 11.7 Å². The molecular weight excluding hydrogens is 359 g/mol. The molecule has 1 aromatic carbocycles. The van der Waals surface area contributed by atoms with Gasteiger partial charge >= 0.3 is 5.97 Å². The molecule has 0 saturated carbocycles. The van der Waals surface area contributed by atoms with E-state index in [4.69, 9.17) is 9.84 Å². The van der Waals surface area contributed by atoms with Crippen molar-refractivity contribution in [1.29, 1.82) is 0 Å². The van der Waals surface area contributed by atoms with Crippen LogP contribution in [0.3, 0.4) is 0 Å². The van der Waals surface area contributed by atoms with Crippen molar-refractivity contribution in [2.75, 3.05) is 24.7 Å². The van der Waals surface area contributed by atoms with Crippen LogP contribution < -0.4 is 4.90 Å². The molecule has 0 aliphatic carbocycles. The summed E-state index contributed by atoms with van der Waals surface area (Å²) in [5.74, 6) is -4.47. The van der Waals surface area contributed by atoms with Crippen LogP contribution in [-0.2, 0) is 19.1 Å². The van der Waals surface area contributed by atoms with Crippen LogP contribution in [0.25, 0.3) is 0 Å². The molecule has 1 fully saturated rings. The van der Waals surface area contributed by atoms with E-state index >= 15 is 0 Å². The molecule has 1 unspecified atom stereocenters. The van der Waals surface area contributed by atoms with Gasteiger partial charge in [-0.3, -0.25) is 14.5 Å². The molecule has 2 aliphatic heterocycles. The lowest BCUT2D eigenvalue weighted by Crippen LogP contribution is -2.56. The van der Waals surface area contributed by atoms with Crippen LogP contribution in [0.1, 0.15) is 12.8 Å². The number of hydrogen-bond acceptors (Lipinski definition) is 6. The molecular formula is C18H19FN2O6. The zero-order valence-electron chi connectivity index (χ0n) is 14.4. The standard InChI is InChI=1S/C18H19FN2O6/c19-12-1-3-13(4-2-12)21-16(23)14(15(22)17(24)25)10-20(18(21)26)9-11-5-7-27-8-6-11/h1-4,10-11,18,26H,5-9H2,(H,24,25). The fourth-order valence-corrected chi connectivity index (χ4v) is 3.17. The Labute approximate surface area is 154 Å². The Hall–Kier alpha value is -2.78. The van der Waals surface area contributed by atoms with Crippen LogP contribution in [0.2, 0.25) is 0 Å². The number of benzene rings is 1. The number of aliphatic carboxylic acids is 1. The molecule has 144 valence electrons. The highest BCUT2D eigenvalue weighted by Crippen LogP contribution is 2.28. The van der Waals surface area contributed by atoms with Crippen molar-refractivity contribution in [3.05, 3.63) is 41.9 Å². The van der Waals surface area contributed by atoms with E-state index in [-0.39, 0.29) is 11.6 Å². The number of aliphatic hydroxyl groups excluding tert-OH is 1. The quantitative estimate of drug-likeness (QED) is 0.574. The van der Waals surface area contributed by atoms with E-state index < -0.39 is 35.4 Å². The summed E-state index contributed by atoms with van der Waals surface area (Å²) in [4.78, 5) is 38.0. The van der Waals surface area contributed by atoms with Gasteiger partial charge in [-0.05, 0) is 43.0 Å². The number of ether oxygens (including phenoxy) is 1. The molecule has 9 heteroatoms. The number of halogens is 1. The first-order valence-electron chi connectivity index (χ1n) is 8.48. The fourth-order valence-electron chi connectivity index (χ4n) is 3.17. The third-order valence-electron chi connectivity index (χ3n) is 4.63. The second kappa shape index (κ2) is 7.85. The topological polar surface area (TPSA) is 107 Å². The second-order valence-electron chi connectivity index (χ2n) is 6.43. The maximum atomic E-state index is 13.2. The van der Waals surface area contributed by atoms with Crippen LogP contribution in [0.4, 0.5) is 10.1 Å². The molecule has 0 radical (unpaired) electrons. The first kappa shape index (κ1) is 19.0. The van der Waals surface area contributed by atoms with Gasteiger partial charge in [-0.25, -0.2) is 9.18 Å². The second-order valence-corrected chi connectivity index (χ2v) is 6.43. The van der Waals surface area contributed by atoms with Gasteiger partial charge in [0.05, 0.1) is 0 Å². The molecule has 3 rings (SSSR count). The predicted octanol–water partition coefficient (Wildman–Crippen LogP) is 0.714. The molecule has 1 atom stereocenters. The minimum atomic E-state index is -1.77. The highest BCUT2D eigenvalue weighted by molar-refractivity contribution is 6.47. The van der Waals surface area contributed by atoms with Crippen molar-refractivity contribution in [1.82, 2.24) is 4.90 Å². The third kappa shape index (κ3) is 3.99. The number of rotatable bonds is 5. The average Bonchev–Trinajstić information content (AvgIpc) is 2.66. The van der Waals surface area contributed by atoms with Crippen molar-refractivity contribution < 1.29 is 33.7 Å². The van der Waals surface area contributed by atoms with E-state index in [1.807, 2.05) is 0 Å². The monoisotopic (exact) mass is 378 g/mol. The fraction of sp³-hybridized carbons (Fsp3) is 0.389. The minimum Gasteiger partial charge on any atom is -0.475 e. The molecule has 2 heterocycles. The number of carbonyl (C=O) groups excluding carboxylic acids is 2. The molecule has 2 N–H and O–H groups in total. The summed E-state index contributed by atoms with van der Waals surface area (Å²) in [5.41, 5.74) is -0.418. The number of carbonyl (C=O) groups is 3. The zero-order valence-corrected chi connectivity index (χ0v) is 14.4. The van der Waals surface area contributed by atoms with E-state index in [0.717, 1.165) is 36.1 Å². The first-order chi connectivity index (χ1) is 12.9. The number of nitrogens with zero attached hydrogens (tertiary/aromatic N) is 2. The Kier molecular flexibility index (Phi) is 5.52. The van der Waals surface area contributed by atoms with E-state index in [0.29, 0.717) is 19.8 Å². The van der Waals surface area contributed by atoms with Gasteiger partial charge in [-0.2, -0.15) is 0 Å². The normalized spacial score (nSPS) is 21.2. The highest BCUT2D eigenvalue weighted by atomic mass is 19.1. The van der Waals surface area contributed by atoms with E-state index in [2.05, 4.69) is 0 Å². The summed E-state index contributed by atoms with van der Waals surface area (Å²) >= 11 is 0. The molecule has 0 bridgehead atoms. The van der Waals surface area contributed by atoms with E-state index in [1.54, 1.807) is 0 Å². The summed E-state index contributed by atoms with van der Waals surface area (Å²) in [6, 6.07) is 4.76. The summed E-state index contributed by atoms with van der Waals surface area (Å²) < 4.78 is 18.5. The molecule has 1 aromatic rings. The number of amides is 1. The van der Waals surface area contributed by atoms with Crippen LogP contribution in [0.15, 0.2) is 36.0 Å². The maximum Gasteiger partial charge on any atom is 0.377 e. The maximum absolute atomic E-state index is 13.2. The van der Waals surface area contributed by atoms with Crippen LogP contribution in [0.5, 0.6) is 0 Å². The molecule has 8 nitrogen and oxygen atoms in total. The van der Waals surface area contributed by atoms with Gasteiger partial charge < -0.3 is 19.8 Å². The lowest BCUT2D eigenvalue weighted by molar-refractivity contribution is -0.148. The molecule has 1 saturated heterocycles. The van der Waals surface area contributed by atoms with Gasteiger partial charge in [-0.15, -0.1) is 0 Å². The number of anilines is 1. The van der Waals surface area contributed by atoms with Gasteiger partial charge in [0, 0.05) is 31.6 Å². The Balaban J connectivity index is 1.95.